The maximum Gasteiger partial charge on any atom is 0.257 e. The lowest BCUT2D eigenvalue weighted by Gasteiger charge is -2.09. The molecule has 0 radical (unpaired) electrons. The summed E-state index contributed by atoms with van der Waals surface area (Å²) in [7, 11) is 0. The minimum absolute atomic E-state index is 0.103. The van der Waals surface area contributed by atoms with E-state index in [1.54, 1.807) is 26.0 Å². The lowest BCUT2D eigenvalue weighted by Crippen LogP contribution is -2.25. The summed E-state index contributed by atoms with van der Waals surface area (Å²) >= 11 is 1.23. The summed E-state index contributed by atoms with van der Waals surface area (Å²) < 4.78 is 6.85. The highest BCUT2D eigenvalue weighted by Crippen LogP contribution is 2.14. The quantitative estimate of drug-likeness (QED) is 0.628. The highest BCUT2D eigenvalue weighted by Gasteiger charge is 2.16. The first-order valence-electron chi connectivity index (χ1n) is 9.55. The van der Waals surface area contributed by atoms with E-state index in [-0.39, 0.29) is 17.6 Å². The fraction of sp³-hybridized carbons (Fsp3) is 0.273. The van der Waals surface area contributed by atoms with Crippen LogP contribution < -0.4 is 10.8 Å². The molecule has 3 aromatic rings. The Hall–Kier alpha value is -3.13. The van der Waals surface area contributed by atoms with Crippen molar-refractivity contribution in [1.29, 1.82) is 0 Å². The number of hydrogen-bond acceptors (Lipinski definition) is 5. The molecule has 0 aliphatic heterocycles. The fourth-order valence-corrected chi connectivity index (χ4v) is 3.35. The maximum absolute atomic E-state index is 12.4. The Morgan fingerprint density at radius 1 is 1.20 bits per heavy atom. The molecule has 1 aromatic carbocycles. The van der Waals surface area contributed by atoms with E-state index in [9.17, 15) is 9.59 Å². The zero-order valence-corrected chi connectivity index (χ0v) is 18.0. The molecule has 1 N–H and O–H groups in total. The lowest BCUT2D eigenvalue weighted by atomic mass is 10.1. The molecule has 1 atom stereocenters. The number of aryl methyl sites for hydroxylation is 2. The number of anilines is 1. The number of thioether (sulfide) groups is 1. The molecule has 8 heteroatoms. The Labute approximate surface area is 179 Å². The van der Waals surface area contributed by atoms with Gasteiger partial charge >= 0.3 is 0 Å². The zero-order valence-electron chi connectivity index (χ0n) is 17.2. The van der Waals surface area contributed by atoms with Gasteiger partial charge in [0, 0.05) is 18.8 Å². The molecule has 30 heavy (non-hydrogen) atoms. The molecular formula is C22H24N4O3S. The Bertz CT molecular complexity index is 1090. The van der Waals surface area contributed by atoms with Gasteiger partial charge in [0.2, 0.25) is 5.91 Å². The molecule has 0 aliphatic rings. The van der Waals surface area contributed by atoms with Gasteiger partial charge in [-0.3, -0.25) is 9.59 Å². The first-order valence-corrected chi connectivity index (χ1v) is 10.6. The lowest BCUT2D eigenvalue weighted by molar-refractivity contribution is -0.115. The minimum atomic E-state index is -0.434. The predicted molar refractivity (Wildman–Crippen MR) is 117 cm³/mol. The molecule has 0 fully saturated rings. The number of carbonyl (C=O) groups excluding carboxylic acids is 2. The fourth-order valence-electron chi connectivity index (χ4n) is 2.68. The SMILES string of the molecule is Cc1ccc(Cn2ccccc2=NC(=O)CSC(C)C(=O)Nc2cc(C)on2)cc1. The molecule has 1 unspecified atom stereocenters. The van der Waals surface area contributed by atoms with Gasteiger partial charge in [0.05, 0.1) is 11.0 Å². The summed E-state index contributed by atoms with van der Waals surface area (Å²) in [6, 6.07) is 15.4. The van der Waals surface area contributed by atoms with Gasteiger partial charge in [0.15, 0.2) is 5.82 Å². The Morgan fingerprint density at radius 2 is 1.97 bits per heavy atom. The van der Waals surface area contributed by atoms with Gasteiger partial charge in [0.1, 0.15) is 11.2 Å². The number of carbonyl (C=O) groups is 2. The average molecular weight is 425 g/mol. The summed E-state index contributed by atoms with van der Waals surface area (Å²) in [6.07, 6.45) is 1.90. The Morgan fingerprint density at radius 3 is 2.67 bits per heavy atom. The Balaban J connectivity index is 1.60. The van der Waals surface area contributed by atoms with Crippen molar-refractivity contribution >= 4 is 29.4 Å². The van der Waals surface area contributed by atoms with Gasteiger partial charge < -0.3 is 14.4 Å². The van der Waals surface area contributed by atoms with Crippen molar-refractivity contribution in [2.75, 3.05) is 11.1 Å². The second kappa shape index (κ2) is 10.1. The number of hydrogen-bond donors (Lipinski definition) is 1. The molecule has 0 saturated carbocycles. The average Bonchev–Trinajstić information content (AvgIpc) is 3.13. The maximum atomic E-state index is 12.4. The van der Waals surface area contributed by atoms with Gasteiger partial charge in [-0.1, -0.05) is 41.1 Å². The number of nitrogens with zero attached hydrogens (tertiary/aromatic N) is 3. The first kappa shape index (κ1) is 21.6. The van der Waals surface area contributed by atoms with E-state index in [0.717, 1.165) is 5.56 Å². The van der Waals surface area contributed by atoms with E-state index in [1.807, 2.05) is 29.8 Å². The van der Waals surface area contributed by atoms with Crippen LogP contribution in [-0.4, -0.2) is 32.5 Å². The van der Waals surface area contributed by atoms with E-state index < -0.39 is 5.25 Å². The van der Waals surface area contributed by atoms with Crippen LogP contribution in [-0.2, 0) is 16.1 Å². The standard InChI is InChI=1S/C22H24N4O3S/c1-15-7-9-18(10-8-15)13-26-11-5-4-6-20(26)24-21(27)14-30-17(3)22(28)23-19-12-16(2)29-25-19/h4-12,17H,13-14H2,1-3H3,(H,23,25,28). The largest absolute Gasteiger partial charge is 0.360 e. The number of aromatic nitrogens is 2. The topological polar surface area (TPSA) is 89.5 Å². The van der Waals surface area contributed by atoms with Crippen LogP contribution in [0.25, 0.3) is 0 Å². The monoisotopic (exact) mass is 424 g/mol. The van der Waals surface area contributed by atoms with Crippen LogP contribution in [0.4, 0.5) is 5.82 Å². The van der Waals surface area contributed by atoms with Crippen molar-refractivity contribution in [3.63, 3.8) is 0 Å². The Kier molecular flexibility index (Phi) is 7.24. The van der Waals surface area contributed by atoms with E-state index in [4.69, 9.17) is 4.52 Å². The molecule has 0 aliphatic carbocycles. The van der Waals surface area contributed by atoms with Crippen molar-refractivity contribution in [2.45, 2.75) is 32.6 Å². The third-order valence-corrected chi connectivity index (χ3v) is 5.46. The minimum Gasteiger partial charge on any atom is -0.360 e. The van der Waals surface area contributed by atoms with Crippen LogP contribution in [0.5, 0.6) is 0 Å². The summed E-state index contributed by atoms with van der Waals surface area (Å²) in [5, 5.41) is 5.97. The van der Waals surface area contributed by atoms with Crippen molar-refractivity contribution in [3.8, 4) is 0 Å². The molecule has 2 aromatic heterocycles. The van der Waals surface area contributed by atoms with Crippen molar-refractivity contribution in [2.24, 2.45) is 4.99 Å². The second-order valence-corrected chi connectivity index (χ2v) is 8.27. The highest BCUT2D eigenvalue weighted by molar-refractivity contribution is 8.01. The van der Waals surface area contributed by atoms with Gasteiger partial charge in [-0.2, -0.15) is 4.99 Å². The molecule has 2 heterocycles. The van der Waals surface area contributed by atoms with Crippen molar-refractivity contribution in [3.05, 3.63) is 77.1 Å². The van der Waals surface area contributed by atoms with Crippen LogP contribution in [0, 0.1) is 13.8 Å². The van der Waals surface area contributed by atoms with Crippen molar-refractivity contribution < 1.29 is 14.1 Å². The molecule has 0 saturated heterocycles. The van der Waals surface area contributed by atoms with E-state index in [0.29, 0.717) is 23.6 Å². The smallest absolute Gasteiger partial charge is 0.257 e. The number of pyridine rings is 1. The summed E-state index contributed by atoms with van der Waals surface area (Å²) in [4.78, 5) is 28.8. The predicted octanol–water partition coefficient (Wildman–Crippen LogP) is 3.33. The van der Waals surface area contributed by atoms with Gasteiger partial charge in [0.25, 0.3) is 5.91 Å². The molecule has 0 spiro atoms. The summed E-state index contributed by atoms with van der Waals surface area (Å²) in [5.74, 6) is 0.547. The van der Waals surface area contributed by atoms with Crippen molar-refractivity contribution in [1.82, 2.24) is 9.72 Å². The normalized spacial score (nSPS) is 12.6. The second-order valence-electron chi connectivity index (χ2n) is 6.94. The van der Waals surface area contributed by atoms with E-state index in [1.165, 1.54) is 17.3 Å². The van der Waals surface area contributed by atoms with E-state index in [2.05, 4.69) is 39.7 Å². The number of nitrogens with one attached hydrogen (secondary N) is 1. The molecule has 2 amide bonds. The first-order chi connectivity index (χ1) is 14.4. The molecule has 0 bridgehead atoms. The van der Waals surface area contributed by atoms with Gasteiger partial charge in [-0.25, -0.2) is 0 Å². The van der Waals surface area contributed by atoms with Gasteiger partial charge in [-0.15, -0.1) is 11.8 Å². The third kappa shape index (κ3) is 6.18. The van der Waals surface area contributed by atoms with Crippen LogP contribution >= 0.6 is 11.8 Å². The van der Waals surface area contributed by atoms with Gasteiger partial charge in [-0.05, 0) is 38.5 Å². The van der Waals surface area contributed by atoms with Crippen LogP contribution in [0.15, 0.2) is 64.2 Å². The number of benzene rings is 1. The molecule has 7 nitrogen and oxygen atoms in total. The van der Waals surface area contributed by atoms with E-state index >= 15 is 0 Å². The summed E-state index contributed by atoms with van der Waals surface area (Å²) in [6.45, 7) is 6.15. The summed E-state index contributed by atoms with van der Waals surface area (Å²) in [5.41, 5.74) is 2.91. The highest BCUT2D eigenvalue weighted by atomic mass is 32.2. The van der Waals surface area contributed by atoms with Crippen LogP contribution in [0.1, 0.15) is 23.8 Å². The third-order valence-electron chi connectivity index (χ3n) is 4.33. The molecule has 156 valence electrons. The number of amides is 2. The molecule has 3 rings (SSSR count). The zero-order chi connectivity index (χ0) is 21.5. The van der Waals surface area contributed by atoms with Crippen LogP contribution in [0.3, 0.4) is 0 Å². The molecular weight excluding hydrogens is 400 g/mol. The number of rotatable bonds is 7. The van der Waals surface area contributed by atoms with Crippen LogP contribution in [0.2, 0.25) is 0 Å².